The van der Waals surface area contributed by atoms with Crippen LogP contribution < -0.4 is 5.32 Å². The van der Waals surface area contributed by atoms with E-state index in [0.717, 1.165) is 0 Å². The van der Waals surface area contributed by atoms with Crippen LogP contribution in [0.1, 0.15) is 17.4 Å². The van der Waals surface area contributed by atoms with Crippen molar-refractivity contribution in [3.8, 4) is 0 Å². The van der Waals surface area contributed by atoms with Crippen LogP contribution in [0, 0.1) is 15.9 Å². The van der Waals surface area contributed by atoms with Crippen LogP contribution in [0.25, 0.3) is 0 Å². The van der Waals surface area contributed by atoms with Gasteiger partial charge < -0.3 is 9.88 Å². The second-order valence-corrected chi connectivity index (χ2v) is 5.15. The van der Waals surface area contributed by atoms with Gasteiger partial charge in [-0.2, -0.15) is 0 Å². The topological polar surface area (TPSA) is 85.9 Å². The second-order valence-electron chi connectivity index (χ2n) is 5.15. The van der Waals surface area contributed by atoms with E-state index >= 15 is 0 Å². The molecule has 0 amide bonds. The van der Waals surface area contributed by atoms with Crippen LogP contribution >= 0.6 is 0 Å². The summed E-state index contributed by atoms with van der Waals surface area (Å²) >= 11 is 0. The number of aryl methyl sites for hydroxylation is 1. The zero-order valence-corrected chi connectivity index (χ0v) is 12.8. The first-order valence-electron chi connectivity index (χ1n) is 7.15. The van der Waals surface area contributed by atoms with Gasteiger partial charge in [0.25, 0.3) is 0 Å². The molecule has 0 spiro atoms. The summed E-state index contributed by atoms with van der Waals surface area (Å²) in [7, 11) is 1.81. The Balaban J connectivity index is 2.05. The van der Waals surface area contributed by atoms with E-state index < -0.39 is 11.0 Å². The minimum Gasteiger partial charge on any atom is -0.350 e. The fourth-order valence-electron chi connectivity index (χ4n) is 2.40. The van der Waals surface area contributed by atoms with Crippen molar-refractivity contribution < 1.29 is 9.31 Å². The summed E-state index contributed by atoms with van der Waals surface area (Å²) in [5, 5.41) is 14.2. The third-order valence-corrected chi connectivity index (χ3v) is 3.58. The first-order valence-corrected chi connectivity index (χ1v) is 7.15. The highest BCUT2D eigenvalue weighted by Crippen LogP contribution is 2.29. The normalized spacial score (nSPS) is 11.9. The van der Waals surface area contributed by atoms with Gasteiger partial charge in [-0.3, -0.25) is 10.1 Å². The van der Waals surface area contributed by atoms with Crippen molar-refractivity contribution in [1.29, 1.82) is 0 Å². The molecule has 0 aliphatic rings. The van der Waals surface area contributed by atoms with Crippen LogP contribution in [-0.2, 0) is 7.05 Å². The molecule has 24 heavy (non-hydrogen) atoms. The fraction of sp³-hybridized carbons (Fsp3) is 0.125. The summed E-state index contributed by atoms with van der Waals surface area (Å²) in [6, 6.07) is 8.23. The van der Waals surface area contributed by atoms with E-state index in [2.05, 4.69) is 15.3 Å². The van der Waals surface area contributed by atoms with E-state index in [9.17, 15) is 14.5 Å². The molecule has 0 saturated heterocycles. The lowest BCUT2D eigenvalue weighted by Crippen LogP contribution is -2.18. The predicted octanol–water partition coefficient (Wildman–Crippen LogP) is 3.06. The van der Waals surface area contributed by atoms with Crippen LogP contribution in [0.5, 0.6) is 0 Å². The molecule has 0 unspecified atom stereocenters. The molecule has 0 fully saturated rings. The van der Waals surface area contributed by atoms with Crippen molar-refractivity contribution in [3.05, 3.63) is 82.3 Å². The smallest absolute Gasteiger partial charge is 0.311 e. The van der Waals surface area contributed by atoms with Crippen molar-refractivity contribution in [2.45, 2.75) is 6.04 Å². The van der Waals surface area contributed by atoms with Crippen molar-refractivity contribution in [2.24, 2.45) is 7.05 Å². The molecule has 2 aromatic heterocycles. The van der Waals surface area contributed by atoms with Gasteiger partial charge in [0.2, 0.25) is 5.82 Å². The van der Waals surface area contributed by atoms with E-state index in [1.807, 2.05) is 7.05 Å². The summed E-state index contributed by atoms with van der Waals surface area (Å²) in [6.07, 6.45) is 4.86. The van der Waals surface area contributed by atoms with E-state index in [-0.39, 0.29) is 17.3 Å². The standard InChI is InChI=1S/C16H14FN5O2/c1-21-10-9-19-16(21)14(11-4-6-12(17)7-5-11)20-15-13(22(23)24)3-2-8-18-15/h2-10,14H,1H3,(H,18,20)/t14-/m1/s1. The fourth-order valence-corrected chi connectivity index (χ4v) is 2.40. The Morgan fingerprint density at radius 2 is 1.96 bits per heavy atom. The number of halogens is 1. The van der Waals surface area contributed by atoms with E-state index in [0.29, 0.717) is 11.4 Å². The number of hydrogen-bond donors (Lipinski definition) is 1. The second kappa shape index (κ2) is 6.45. The van der Waals surface area contributed by atoms with Gasteiger partial charge in [0.05, 0.1) is 4.92 Å². The molecule has 1 N–H and O–H groups in total. The number of nitro groups is 1. The van der Waals surface area contributed by atoms with Crippen LogP contribution in [0.4, 0.5) is 15.9 Å². The average molecular weight is 327 g/mol. The van der Waals surface area contributed by atoms with Crippen LogP contribution in [0.2, 0.25) is 0 Å². The molecule has 0 saturated carbocycles. The van der Waals surface area contributed by atoms with Crippen LogP contribution in [0.15, 0.2) is 55.0 Å². The lowest BCUT2D eigenvalue weighted by Gasteiger charge is -2.19. The first kappa shape index (κ1) is 15.6. The minimum atomic E-state index is -0.515. The van der Waals surface area contributed by atoms with E-state index in [1.54, 1.807) is 29.1 Å². The SMILES string of the molecule is Cn1ccnc1[C@H](Nc1ncccc1[N+](=O)[O-])c1ccc(F)cc1. The summed E-state index contributed by atoms with van der Waals surface area (Å²) in [5.41, 5.74) is 0.574. The molecule has 0 aliphatic heterocycles. The molecule has 3 aromatic rings. The maximum atomic E-state index is 13.2. The van der Waals surface area contributed by atoms with Crippen molar-refractivity contribution in [1.82, 2.24) is 14.5 Å². The summed E-state index contributed by atoms with van der Waals surface area (Å²) in [6.45, 7) is 0. The van der Waals surface area contributed by atoms with Gasteiger partial charge in [-0.25, -0.2) is 14.4 Å². The number of nitrogens with one attached hydrogen (secondary N) is 1. The number of benzene rings is 1. The zero-order valence-electron chi connectivity index (χ0n) is 12.8. The first-order chi connectivity index (χ1) is 11.6. The maximum absolute atomic E-state index is 13.2. The number of rotatable bonds is 5. The molecular weight excluding hydrogens is 313 g/mol. The van der Waals surface area contributed by atoms with Gasteiger partial charge in [-0.15, -0.1) is 0 Å². The third-order valence-electron chi connectivity index (χ3n) is 3.58. The Hall–Kier alpha value is -3.29. The molecule has 0 radical (unpaired) electrons. The Kier molecular flexibility index (Phi) is 4.19. The third kappa shape index (κ3) is 3.07. The summed E-state index contributed by atoms with van der Waals surface area (Å²) in [4.78, 5) is 19.0. The molecule has 1 atom stereocenters. The number of imidazole rings is 1. The monoisotopic (exact) mass is 327 g/mol. The lowest BCUT2D eigenvalue weighted by atomic mass is 10.1. The molecule has 7 nitrogen and oxygen atoms in total. The van der Waals surface area contributed by atoms with E-state index in [1.165, 1.54) is 30.5 Å². The summed E-state index contributed by atoms with van der Waals surface area (Å²) in [5.74, 6) is 0.391. The number of hydrogen-bond acceptors (Lipinski definition) is 5. The highest BCUT2D eigenvalue weighted by Gasteiger charge is 2.23. The zero-order chi connectivity index (χ0) is 17.1. The lowest BCUT2D eigenvalue weighted by molar-refractivity contribution is -0.384. The Morgan fingerprint density at radius 3 is 2.58 bits per heavy atom. The largest absolute Gasteiger partial charge is 0.350 e. The molecule has 122 valence electrons. The maximum Gasteiger partial charge on any atom is 0.311 e. The van der Waals surface area contributed by atoms with Crippen molar-refractivity contribution >= 4 is 11.5 Å². The molecular formula is C16H14FN5O2. The van der Waals surface area contributed by atoms with E-state index in [4.69, 9.17) is 0 Å². The Bertz CT molecular complexity index is 863. The number of anilines is 1. The number of pyridine rings is 1. The molecule has 0 bridgehead atoms. The van der Waals surface area contributed by atoms with Gasteiger partial charge in [-0.05, 0) is 23.8 Å². The molecule has 3 rings (SSSR count). The number of aromatic nitrogens is 3. The average Bonchev–Trinajstić information content (AvgIpc) is 2.99. The quantitative estimate of drug-likeness (QED) is 0.575. The molecule has 2 heterocycles. The molecule has 8 heteroatoms. The van der Waals surface area contributed by atoms with Gasteiger partial charge in [0.1, 0.15) is 17.7 Å². The van der Waals surface area contributed by atoms with Crippen LogP contribution in [-0.4, -0.2) is 19.5 Å². The molecule has 1 aromatic carbocycles. The van der Waals surface area contributed by atoms with Gasteiger partial charge in [0.15, 0.2) is 0 Å². The number of nitrogens with zero attached hydrogens (tertiary/aromatic N) is 4. The van der Waals surface area contributed by atoms with Crippen molar-refractivity contribution in [2.75, 3.05) is 5.32 Å². The van der Waals surface area contributed by atoms with Crippen LogP contribution in [0.3, 0.4) is 0 Å². The van der Waals surface area contributed by atoms with Crippen molar-refractivity contribution in [3.63, 3.8) is 0 Å². The highest BCUT2D eigenvalue weighted by molar-refractivity contribution is 5.57. The van der Waals surface area contributed by atoms with Gasteiger partial charge in [-0.1, -0.05) is 12.1 Å². The minimum absolute atomic E-state index is 0.125. The molecule has 0 aliphatic carbocycles. The Morgan fingerprint density at radius 1 is 1.21 bits per heavy atom. The van der Waals surface area contributed by atoms with Gasteiger partial charge >= 0.3 is 5.69 Å². The van der Waals surface area contributed by atoms with Gasteiger partial charge in [0, 0.05) is 31.7 Å². The Labute approximate surface area is 137 Å². The predicted molar refractivity (Wildman–Crippen MR) is 86.0 cm³/mol. The highest BCUT2D eigenvalue weighted by atomic mass is 19.1. The summed E-state index contributed by atoms with van der Waals surface area (Å²) < 4.78 is 15.0.